The minimum atomic E-state index is -0.893. The van der Waals surface area contributed by atoms with E-state index < -0.39 is 29.7 Å². The lowest BCUT2D eigenvalue weighted by Gasteiger charge is -2.13. The molecule has 1 saturated heterocycles. The van der Waals surface area contributed by atoms with Crippen LogP contribution in [0, 0.1) is 0 Å². The first-order valence-electron chi connectivity index (χ1n) is 4.98. The molecule has 3 atom stereocenters. The van der Waals surface area contributed by atoms with E-state index >= 15 is 0 Å². The van der Waals surface area contributed by atoms with Gasteiger partial charge in [0, 0.05) is 12.6 Å². The quantitative estimate of drug-likeness (QED) is 0.646. The number of nitrogens with zero attached hydrogens (tertiary/aromatic N) is 1. The Morgan fingerprint density at radius 3 is 2.88 bits per heavy atom. The number of nitrogens with one attached hydrogen (secondary N) is 1. The molecule has 1 aliphatic rings. The zero-order chi connectivity index (χ0) is 12.6. The number of aromatic amines is 1. The normalized spacial score (nSPS) is 28.5. The third-order valence-corrected chi connectivity index (χ3v) is 3.20. The molecule has 0 spiro atoms. The van der Waals surface area contributed by atoms with Crippen molar-refractivity contribution in [2.75, 3.05) is 6.61 Å². The van der Waals surface area contributed by atoms with E-state index in [0.717, 1.165) is 4.57 Å². The zero-order valence-corrected chi connectivity index (χ0v) is 10.3. The first kappa shape index (κ1) is 12.5. The van der Waals surface area contributed by atoms with Crippen molar-refractivity contribution in [3.63, 3.8) is 0 Å². The van der Waals surface area contributed by atoms with Crippen molar-refractivity contribution in [1.82, 2.24) is 9.55 Å². The fourth-order valence-electron chi connectivity index (χ4n) is 1.76. The second-order valence-corrected chi connectivity index (χ2v) is 4.59. The topological polar surface area (TPSA) is 105 Å². The maximum atomic E-state index is 11.8. The number of halogens is 1. The van der Waals surface area contributed by atoms with Crippen LogP contribution in [0.15, 0.2) is 20.3 Å². The molecule has 2 rings (SSSR count). The zero-order valence-electron chi connectivity index (χ0n) is 8.67. The van der Waals surface area contributed by atoms with Crippen LogP contribution in [0.2, 0.25) is 0 Å². The highest BCUT2D eigenvalue weighted by Gasteiger charge is 2.35. The van der Waals surface area contributed by atoms with Crippen LogP contribution >= 0.6 is 15.9 Å². The van der Waals surface area contributed by atoms with E-state index in [0.29, 0.717) is 0 Å². The van der Waals surface area contributed by atoms with Gasteiger partial charge in [0.05, 0.1) is 17.2 Å². The van der Waals surface area contributed by atoms with Gasteiger partial charge in [-0.15, -0.1) is 0 Å². The Hall–Kier alpha value is -0.960. The van der Waals surface area contributed by atoms with Crippen molar-refractivity contribution in [3.05, 3.63) is 31.5 Å². The van der Waals surface area contributed by atoms with Crippen molar-refractivity contribution in [2.24, 2.45) is 0 Å². The summed E-state index contributed by atoms with van der Waals surface area (Å²) in [5.74, 6) is 0. The summed E-state index contributed by atoms with van der Waals surface area (Å²) in [7, 11) is 0. The molecule has 17 heavy (non-hydrogen) atoms. The van der Waals surface area contributed by atoms with Crippen molar-refractivity contribution in [3.8, 4) is 0 Å². The number of H-pyrrole nitrogens is 1. The Labute approximate surface area is 104 Å². The van der Waals surface area contributed by atoms with E-state index in [1.807, 2.05) is 0 Å². The molecule has 1 aromatic heterocycles. The van der Waals surface area contributed by atoms with Crippen LogP contribution in [0.1, 0.15) is 12.6 Å². The van der Waals surface area contributed by atoms with Gasteiger partial charge in [-0.05, 0) is 15.9 Å². The average molecular weight is 307 g/mol. The maximum Gasteiger partial charge on any atom is 0.330 e. The van der Waals surface area contributed by atoms with E-state index in [-0.39, 0.29) is 17.5 Å². The van der Waals surface area contributed by atoms with Crippen LogP contribution in [-0.2, 0) is 4.74 Å². The molecule has 8 heteroatoms. The lowest BCUT2D eigenvalue weighted by atomic mass is 10.2. The molecule has 1 aliphatic heterocycles. The fraction of sp³-hybridized carbons (Fsp3) is 0.556. The van der Waals surface area contributed by atoms with Crippen LogP contribution in [0.25, 0.3) is 0 Å². The molecule has 1 fully saturated rings. The first-order valence-corrected chi connectivity index (χ1v) is 5.78. The third-order valence-electron chi connectivity index (χ3n) is 2.64. The van der Waals surface area contributed by atoms with Crippen molar-refractivity contribution < 1.29 is 14.9 Å². The highest BCUT2D eigenvalue weighted by molar-refractivity contribution is 9.10. The molecule has 0 radical (unpaired) electrons. The average Bonchev–Trinajstić information content (AvgIpc) is 2.65. The van der Waals surface area contributed by atoms with Crippen molar-refractivity contribution in [2.45, 2.75) is 24.9 Å². The van der Waals surface area contributed by atoms with E-state index in [9.17, 15) is 14.7 Å². The molecule has 1 unspecified atom stereocenters. The molecule has 0 amide bonds. The van der Waals surface area contributed by atoms with Gasteiger partial charge in [-0.1, -0.05) is 0 Å². The molecule has 3 N–H and O–H groups in total. The smallest absolute Gasteiger partial charge is 0.330 e. The molecule has 0 saturated carbocycles. The highest BCUT2D eigenvalue weighted by Crippen LogP contribution is 2.26. The van der Waals surface area contributed by atoms with Crippen molar-refractivity contribution >= 4 is 15.9 Å². The van der Waals surface area contributed by atoms with Gasteiger partial charge in [-0.2, -0.15) is 0 Å². The number of aromatic nitrogens is 2. The Balaban J connectivity index is 2.40. The van der Waals surface area contributed by atoms with Crippen LogP contribution in [-0.4, -0.2) is 38.6 Å². The van der Waals surface area contributed by atoms with Crippen LogP contribution in [0.5, 0.6) is 0 Å². The van der Waals surface area contributed by atoms with Gasteiger partial charge in [0.1, 0.15) is 12.3 Å². The number of aliphatic hydroxyl groups is 2. The monoisotopic (exact) mass is 306 g/mol. The van der Waals surface area contributed by atoms with E-state index in [2.05, 4.69) is 20.9 Å². The van der Waals surface area contributed by atoms with Gasteiger partial charge < -0.3 is 19.9 Å². The molecule has 2 heterocycles. The molecule has 0 bridgehead atoms. The van der Waals surface area contributed by atoms with Gasteiger partial charge in [0.15, 0.2) is 0 Å². The Morgan fingerprint density at radius 2 is 2.29 bits per heavy atom. The number of hydrogen-bond acceptors (Lipinski definition) is 5. The number of hydrogen-bond donors (Lipinski definition) is 3. The molecule has 1 aromatic rings. The molecular weight excluding hydrogens is 296 g/mol. The lowest BCUT2D eigenvalue weighted by molar-refractivity contribution is -0.0470. The molecule has 94 valence electrons. The van der Waals surface area contributed by atoms with Crippen LogP contribution in [0.4, 0.5) is 0 Å². The summed E-state index contributed by atoms with van der Waals surface area (Å²) in [4.78, 5) is 25.7. The second kappa shape index (κ2) is 4.73. The maximum absolute atomic E-state index is 11.8. The molecule has 0 aliphatic carbocycles. The summed E-state index contributed by atoms with van der Waals surface area (Å²) >= 11 is 3.00. The second-order valence-electron chi connectivity index (χ2n) is 3.73. The van der Waals surface area contributed by atoms with Gasteiger partial charge in [0.2, 0.25) is 0 Å². The number of aliphatic hydroxyl groups excluding tert-OH is 2. The summed E-state index contributed by atoms with van der Waals surface area (Å²) in [5, 5.41) is 18.5. The lowest BCUT2D eigenvalue weighted by Crippen LogP contribution is -2.38. The summed E-state index contributed by atoms with van der Waals surface area (Å²) in [6.45, 7) is -0.363. The van der Waals surface area contributed by atoms with Crippen molar-refractivity contribution in [1.29, 1.82) is 0 Å². The minimum absolute atomic E-state index is 0.0880. The number of ether oxygens (including phenoxy) is 1. The molecule has 7 nitrogen and oxygen atoms in total. The fourth-order valence-corrected chi connectivity index (χ4v) is 2.07. The van der Waals surface area contributed by atoms with E-state index in [1.54, 1.807) is 0 Å². The SMILES string of the molecule is O=c1[nH]cc(Br)c(=O)n1[C@H]1C[C@@H](O)C(CO)O1. The standard InChI is InChI=1S/C9H11BrN2O5/c10-4-2-11-9(16)12(8(4)15)7-1-5(14)6(3-13)17-7/h2,5-7,13-14H,1,3H2,(H,11,16)/t5-,6?,7-/m1/s1. The van der Waals surface area contributed by atoms with Crippen LogP contribution < -0.4 is 11.2 Å². The Morgan fingerprint density at radius 1 is 1.59 bits per heavy atom. The van der Waals surface area contributed by atoms with Gasteiger partial charge in [-0.25, -0.2) is 9.36 Å². The van der Waals surface area contributed by atoms with E-state index in [1.165, 1.54) is 6.20 Å². The largest absolute Gasteiger partial charge is 0.394 e. The first-order chi connectivity index (χ1) is 8.04. The van der Waals surface area contributed by atoms with Gasteiger partial charge in [0.25, 0.3) is 5.56 Å². The highest BCUT2D eigenvalue weighted by atomic mass is 79.9. The predicted molar refractivity (Wildman–Crippen MR) is 60.6 cm³/mol. The summed E-state index contributed by atoms with van der Waals surface area (Å²) in [5.41, 5.74) is -1.15. The van der Waals surface area contributed by atoms with E-state index in [4.69, 9.17) is 9.84 Å². The molecule has 0 aromatic carbocycles. The predicted octanol–water partition coefficient (Wildman–Crippen LogP) is -1.06. The summed E-state index contributed by atoms with van der Waals surface area (Å²) in [6.07, 6.45) is -1.20. The minimum Gasteiger partial charge on any atom is -0.394 e. The third kappa shape index (κ3) is 2.21. The van der Waals surface area contributed by atoms with Gasteiger partial charge in [-0.3, -0.25) is 4.79 Å². The number of rotatable bonds is 2. The Kier molecular flexibility index (Phi) is 3.48. The summed E-state index contributed by atoms with van der Waals surface area (Å²) < 4.78 is 6.32. The van der Waals surface area contributed by atoms with Crippen LogP contribution in [0.3, 0.4) is 0 Å². The Bertz CT molecular complexity index is 525. The molecular formula is C9H11BrN2O5. The summed E-state index contributed by atoms with van der Waals surface area (Å²) in [6, 6.07) is 0. The van der Waals surface area contributed by atoms with Gasteiger partial charge >= 0.3 is 5.69 Å².